The minimum absolute atomic E-state index is 0. The van der Waals surface area contributed by atoms with Crippen molar-refractivity contribution >= 4 is 30.5 Å². The SMILES string of the molecule is Cl.Cl.Nc1cnn(C2CCc3ccccc32)c1. The Hall–Kier alpha value is -1.19. The second-order valence-electron chi connectivity index (χ2n) is 4.01. The molecule has 0 bridgehead atoms. The molecule has 1 atom stereocenters. The predicted molar refractivity (Wildman–Crippen MR) is 74.0 cm³/mol. The van der Waals surface area contributed by atoms with E-state index in [1.807, 2.05) is 10.9 Å². The van der Waals surface area contributed by atoms with Crippen LogP contribution < -0.4 is 5.73 Å². The Balaban J connectivity index is 0.000000722. The summed E-state index contributed by atoms with van der Waals surface area (Å²) >= 11 is 0. The van der Waals surface area contributed by atoms with Gasteiger partial charge in [0.25, 0.3) is 0 Å². The van der Waals surface area contributed by atoms with Crippen LogP contribution in [0.5, 0.6) is 0 Å². The number of hydrogen-bond donors (Lipinski definition) is 1. The summed E-state index contributed by atoms with van der Waals surface area (Å²) < 4.78 is 1.97. The highest BCUT2D eigenvalue weighted by Gasteiger charge is 2.23. The molecule has 0 aliphatic heterocycles. The molecular weight excluding hydrogens is 257 g/mol. The van der Waals surface area contributed by atoms with Gasteiger partial charge in [-0.15, -0.1) is 24.8 Å². The molecule has 0 saturated carbocycles. The van der Waals surface area contributed by atoms with E-state index in [1.54, 1.807) is 6.20 Å². The highest BCUT2D eigenvalue weighted by Crippen LogP contribution is 2.33. The summed E-state index contributed by atoms with van der Waals surface area (Å²) in [4.78, 5) is 0. The number of aromatic nitrogens is 2. The van der Waals surface area contributed by atoms with Gasteiger partial charge in [0.15, 0.2) is 0 Å². The lowest BCUT2D eigenvalue weighted by Crippen LogP contribution is -2.07. The van der Waals surface area contributed by atoms with Crippen LogP contribution in [-0.4, -0.2) is 9.78 Å². The molecule has 1 aromatic carbocycles. The third-order valence-electron chi connectivity index (χ3n) is 3.04. The monoisotopic (exact) mass is 271 g/mol. The Bertz CT molecular complexity index is 496. The van der Waals surface area contributed by atoms with Gasteiger partial charge in [-0.25, -0.2) is 0 Å². The summed E-state index contributed by atoms with van der Waals surface area (Å²) in [5.41, 5.74) is 9.25. The second kappa shape index (κ2) is 5.43. The zero-order valence-corrected chi connectivity index (χ0v) is 10.9. The lowest BCUT2D eigenvalue weighted by atomic mass is 10.1. The van der Waals surface area contributed by atoms with Crippen LogP contribution in [0.25, 0.3) is 0 Å². The first kappa shape index (κ1) is 13.9. The smallest absolute Gasteiger partial charge is 0.0775 e. The largest absolute Gasteiger partial charge is 0.396 e. The number of aryl methyl sites for hydroxylation is 1. The lowest BCUT2D eigenvalue weighted by molar-refractivity contribution is 0.520. The van der Waals surface area contributed by atoms with Crippen molar-refractivity contribution in [3.05, 3.63) is 47.8 Å². The van der Waals surface area contributed by atoms with E-state index in [0.29, 0.717) is 6.04 Å². The molecule has 0 fully saturated rings. The Labute approximate surface area is 113 Å². The summed E-state index contributed by atoms with van der Waals surface area (Å²) in [7, 11) is 0. The summed E-state index contributed by atoms with van der Waals surface area (Å²) in [5.74, 6) is 0. The van der Waals surface area contributed by atoms with Crippen LogP contribution in [0.3, 0.4) is 0 Å². The molecule has 92 valence electrons. The molecule has 5 heteroatoms. The van der Waals surface area contributed by atoms with E-state index < -0.39 is 0 Å². The van der Waals surface area contributed by atoms with Gasteiger partial charge in [0.05, 0.1) is 17.9 Å². The number of nitrogen functional groups attached to an aromatic ring is 1. The van der Waals surface area contributed by atoms with Crippen molar-refractivity contribution < 1.29 is 0 Å². The Morgan fingerprint density at radius 1 is 1.24 bits per heavy atom. The van der Waals surface area contributed by atoms with Crippen LogP contribution in [0.4, 0.5) is 5.69 Å². The molecule has 1 unspecified atom stereocenters. The van der Waals surface area contributed by atoms with E-state index >= 15 is 0 Å². The maximum atomic E-state index is 5.68. The van der Waals surface area contributed by atoms with Crippen LogP contribution in [0, 0.1) is 0 Å². The zero-order chi connectivity index (χ0) is 10.3. The molecule has 0 spiro atoms. The fourth-order valence-corrected chi connectivity index (χ4v) is 2.33. The van der Waals surface area contributed by atoms with Crippen molar-refractivity contribution in [2.24, 2.45) is 0 Å². The van der Waals surface area contributed by atoms with Crippen molar-refractivity contribution in [3.8, 4) is 0 Å². The normalized spacial score (nSPS) is 16.8. The summed E-state index contributed by atoms with van der Waals surface area (Å²) in [5, 5.41) is 4.29. The number of fused-ring (bicyclic) bond motifs is 1. The predicted octanol–water partition coefficient (Wildman–Crippen LogP) is 2.84. The third kappa shape index (κ3) is 2.40. The summed E-state index contributed by atoms with van der Waals surface area (Å²) in [6, 6.07) is 8.94. The molecule has 2 aromatic rings. The molecule has 3 nitrogen and oxygen atoms in total. The minimum Gasteiger partial charge on any atom is -0.396 e. The summed E-state index contributed by atoms with van der Waals surface area (Å²) in [6.07, 6.45) is 5.88. The van der Waals surface area contributed by atoms with E-state index in [1.165, 1.54) is 11.1 Å². The molecule has 1 aliphatic carbocycles. The van der Waals surface area contributed by atoms with Gasteiger partial charge in [-0.05, 0) is 24.0 Å². The molecular formula is C12H15Cl2N3. The van der Waals surface area contributed by atoms with Gasteiger partial charge in [0.1, 0.15) is 0 Å². The van der Waals surface area contributed by atoms with Gasteiger partial charge < -0.3 is 5.73 Å². The van der Waals surface area contributed by atoms with Gasteiger partial charge in [-0.1, -0.05) is 24.3 Å². The Morgan fingerprint density at radius 2 is 2.00 bits per heavy atom. The Kier molecular flexibility index (Phi) is 4.43. The highest BCUT2D eigenvalue weighted by atomic mass is 35.5. The fraction of sp³-hybridized carbons (Fsp3) is 0.250. The Morgan fingerprint density at radius 3 is 2.71 bits per heavy atom. The lowest BCUT2D eigenvalue weighted by Gasteiger charge is -2.11. The zero-order valence-electron chi connectivity index (χ0n) is 9.24. The standard InChI is InChI=1S/C12H13N3.2ClH/c13-10-7-14-15(8-10)12-6-5-9-3-1-2-4-11(9)12;;/h1-4,7-8,12H,5-6,13H2;2*1H. The van der Waals surface area contributed by atoms with Crippen molar-refractivity contribution in [3.63, 3.8) is 0 Å². The number of hydrogen-bond acceptors (Lipinski definition) is 2. The maximum Gasteiger partial charge on any atom is 0.0775 e. The number of benzene rings is 1. The summed E-state index contributed by atoms with van der Waals surface area (Å²) in [6.45, 7) is 0. The molecule has 0 saturated heterocycles. The molecule has 0 radical (unpaired) electrons. The first-order chi connectivity index (χ1) is 7.34. The van der Waals surface area contributed by atoms with Crippen molar-refractivity contribution in [1.29, 1.82) is 0 Å². The van der Waals surface area contributed by atoms with E-state index in [2.05, 4.69) is 29.4 Å². The van der Waals surface area contributed by atoms with Gasteiger partial charge in [0.2, 0.25) is 0 Å². The van der Waals surface area contributed by atoms with Gasteiger partial charge in [-0.3, -0.25) is 4.68 Å². The molecule has 0 amide bonds. The number of halogens is 2. The van der Waals surface area contributed by atoms with E-state index in [0.717, 1.165) is 18.5 Å². The first-order valence-corrected chi connectivity index (χ1v) is 5.22. The first-order valence-electron chi connectivity index (χ1n) is 5.22. The van der Waals surface area contributed by atoms with Crippen molar-refractivity contribution in [2.75, 3.05) is 5.73 Å². The van der Waals surface area contributed by atoms with E-state index in [9.17, 15) is 0 Å². The average Bonchev–Trinajstić information content (AvgIpc) is 2.83. The molecule has 2 N–H and O–H groups in total. The van der Waals surface area contributed by atoms with Crippen molar-refractivity contribution in [2.45, 2.75) is 18.9 Å². The van der Waals surface area contributed by atoms with Crippen LogP contribution in [0.15, 0.2) is 36.7 Å². The fourth-order valence-electron chi connectivity index (χ4n) is 2.33. The maximum absolute atomic E-state index is 5.68. The topological polar surface area (TPSA) is 43.8 Å². The van der Waals surface area contributed by atoms with Crippen LogP contribution in [-0.2, 0) is 6.42 Å². The molecule has 3 rings (SSSR count). The number of nitrogens with two attached hydrogens (primary N) is 1. The quantitative estimate of drug-likeness (QED) is 0.867. The third-order valence-corrected chi connectivity index (χ3v) is 3.04. The molecule has 1 heterocycles. The second-order valence-corrected chi connectivity index (χ2v) is 4.01. The van der Waals surface area contributed by atoms with Gasteiger partial charge in [0, 0.05) is 6.20 Å². The van der Waals surface area contributed by atoms with Crippen molar-refractivity contribution in [1.82, 2.24) is 9.78 Å². The van der Waals surface area contributed by atoms with Crippen LogP contribution in [0.1, 0.15) is 23.6 Å². The number of nitrogens with zero attached hydrogens (tertiary/aromatic N) is 2. The van der Waals surface area contributed by atoms with E-state index in [4.69, 9.17) is 5.73 Å². The molecule has 17 heavy (non-hydrogen) atoms. The average molecular weight is 272 g/mol. The van der Waals surface area contributed by atoms with Gasteiger partial charge >= 0.3 is 0 Å². The number of rotatable bonds is 1. The minimum atomic E-state index is 0. The van der Waals surface area contributed by atoms with Crippen LogP contribution in [0.2, 0.25) is 0 Å². The molecule has 1 aliphatic rings. The highest BCUT2D eigenvalue weighted by molar-refractivity contribution is 5.85. The van der Waals surface area contributed by atoms with Crippen LogP contribution >= 0.6 is 24.8 Å². The van der Waals surface area contributed by atoms with Gasteiger partial charge in [-0.2, -0.15) is 5.10 Å². The number of anilines is 1. The van der Waals surface area contributed by atoms with E-state index in [-0.39, 0.29) is 24.8 Å². The molecule has 1 aromatic heterocycles.